The summed E-state index contributed by atoms with van der Waals surface area (Å²) in [6.07, 6.45) is 0. The van der Waals surface area contributed by atoms with Crippen LogP contribution in [0.1, 0.15) is 5.01 Å². The molecule has 7 heteroatoms. The van der Waals surface area contributed by atoms with Crippen molar-refractivity contribution in [2.75, 3.05) is 0 Å². The summed E-state index contributed by atoms with van der Waals surface area (Å²) < 4.78 is 27.9. The monoisotopic (exact) mass is 338 g/mol. The summed E-state index contributed by atoms with van der Waals surface area (Å²) in [6.45, 7) is 0.161. The minimum Gasteiger partial charge on any atom is -0.240 e. The lowest BCUT2D eigenvalue weighted by molar-refractivity contribution is 0.581. The van der Waals surface area contributed by atoms with Gasteiger partial charge < -0.3 is 0 Å². The Hall–Kier alpha value is -1.47. The zero-order valence-corrected chi connectivity index (χ0v) is 13.2. The van der Waals surface area contributed by atoms with Gasteiger partial charge in [-0.15, -0.1) is 11.3 Å². The van der Waals surface area contributed by atoms with Gasteiger partial charge in [0.2, 0.25) is 10.0 Å². The molecule has 0 aliphatic heterocycles. The highest BCUT2D eigenvalue weighted by Crippen LogP contribution is 2.22. The highest BCUT2D eigenvalue weighted by Gasteiger charge is 2.15. The fourth-order valence-electron chi connectivity index (χ4n) is 1.87. The van der Waals surface area contributed by atoms with Crippen LogP contribution in [-0.4, -0.2) is 13.4 Å². The van der Waals surface area contributed by atoms with E-state index in [1.807, 2.05) is 24.3 Å². The van der Waals surface area contributed by atoms with Crippen LogP contribution in [0.3, 0.4) is 0 Å². The van der Waals surface area contributed by atoms with Crippen molar-refractivity contribution in [3.63, 3.8) is 0 Å². The Labute approximate surface area is 131 Å². The molecule has 3 rings (SSSR count). The van der Waals surface area contributed by atoms with Gasteiger partial charge in [0.05, 0.1) is 21.7 Å². The summed E-state index contributed by atoms with van der Waals surface area (Å²) in [5.41, 5.74) is 0.874. The number of hydrogen-bond acceptors (Lipinski definition) is 4. The van der Waals surface area contributed by atoms with Crippen LogP contribution >= 0.6 is 22.9 Å². The minimum atomic E-state index is -3.59. The van der Waals surface area contributed by atoms with Gasteiger partial charge in [0.25, 0.3) is 0 Å². The van der Waals surface area contributed by atoms with Gasteiger partial charge in [-0.1, -0.05) is 29.8 Å². The molecule has 0 saturated carbocycles. The number of hydrogen-bond donors (Lipinski definition) is 1. The van der Waals surface area contributed by atoms with Gasteiger partial charge in [0.15, 0.2) is 0 Å². The molecular formula is C14H11ClN2O2S2. The van der Waals surface area contributed by atoms with Gasteiger partial charge in [0, 0.05) is 5.02 Å². The van der Waals surface area contributed by atoms with Crippen LogP contribution in [0.4, 0.5) is 0 Å². The van der Waals surface area contributed by atoms with E-state index in [2.05, 4.69) is 9.71 Å². The van der Waals surface area contributed by atoms with Crippen molar-refractivity contribution < 1.29 is 8.42 Å². The number of benzene rings is 2. The molecule has 0 bridgehead atoms. The third-order valence-electron chi connectivity index (χ3n) is 2.86. The largest absolute Gasteiger partial charge is 0.241 e. The van der Waals surface area contributed by atoms with Gasteiger partial charge in [-0.25, -0.2) is 18.1 Å². The Bertz CT molecular complexity index is 858. The van der Waals surface area contributed by atoms with Gasteiger partial charge in [-0.2, -0.15) is 0 Å². The summed E-state index contributed by atoms with van der Waals surface area (Å²) >= 11 is 7.29. The van der Waals surface area contributed by atoms with E-state index >= 15 is 0 Å². The Balaban J connectivity index is 1.80. The molecular weight excluding hydrogens is 328 g/mol. The number of fused-ring (bicyclic) bond motifs is 1. The molecule has 0 spiro atoms. The maximum Gasteiger partial charge on any atom is 0.241 e. The Morgan fingerprint density at radius 2 is 1.95 bits per heavy atom. The maximum absolute atomic E-state index is 12.2. The molecule has 108 valence electrons. The molecule has 0 atom stereocenters. The first-order valence-electron chi connectivity index (χ1n) is 6.14. The van der Waals surface area contributed by atoms with Crippen LogP contribution in [0, 0.1) is 0 Å². The van der Waals surface area contributed by atoms with Gasteiger partial charge >= 0.3 is 0 Å². The number of nitrogens with zero attached hydrogens (tertiary/aromatic N) is 1. The van der Waals surface area contributed by atoms with E-state index in [4.69, 9.17) is 11.6 Å². The SMILES string of the molecule is O=S(=O)(NCc1nc2ccccc2s1)c1cccc(Cl)c1. The second-order valence-corrected chi connectivity index (χ2v) is 7.68. The number of rotatable bonds is 4. The lowest BCUT2D eigenvalue weighted by Crippen LogP contribution is -2.23. The van der Waals surface area contributed by atoms with Crippen molar-refractivity contribution in [1.82, 2.24) is 9.71 Å². The normalized spacial score (nSPS) is 11.9. The fraction of sp³-hybridized carbons (Fsp3) is 0.0714. The second-order valence-electron chi connectivity index (χ2n) is 4.36. The van der Waals surface area contributed by atoms with Gasteiger partial charge in [-0.05, 0) is 30.3 Å². The number of nitrogens with one attached hydrogen (secondary N) is 1. The quantitative estimate of drug-likeness (QED) is 0.792. The molecule has 0 radical (unpaired) electrons. The standard InChI is InChI=1S/C14H11ClN2O2S2/c15-10-4-3-5-11(8-10)21(18,19)16-9-14-17-12-6-1-2-7-13(12)20-14/h1-8,16H,9H2. The van der Waals surface area contributed by atoms with Crippen molar-refractivity contribution in [2.45, 2.75) is 11.4 Å². The van der Waals surface area contributed by atoms with Gasteiger partial charge in [-0.3, -0.25) is 0 Å². The van der Waals surface area contributed by atoms with E-state index < -0.39 is 10.0 Å². The van der Waals surface area contributed by atoms with Crippen molar-refractivity contribution in [2.24, 2.45) is 0 Å². The summed E-state index contributed by atoms with van der Waals surface area (Å²) in [5, 5.41) is 1.11. The molecule has 0 fully saturated rings. The molecule has 0 saturated heterocycles. The molecule has 0 aliphatic carbocycles. The van der Waals surface area contributed by atoms with Crippen LogP contribution in [-0.2, 0) is 16.6 Å². The Kier molecular flexibility index (Phi) is 3.95. The van der Waals surface area contributed by atoms with E-state index in [-0.39, 0.29) is 11.4 Å². The van der Waals surface area contributed by atoms with E-state index in [9.17, 15) is 8.42 Å². The van der Waals surface area contributed by atoms with Crippen LogP contribution < -0.4 is 4.72 Å². The first-order chi connectivity index (χ1) is 10.0. The molecule has 1 heterocycles. The molecule has 21 heavy (non-hydrogen) atoms. The molecule has 4 nitrogen and oxygen atoms in total. The number of sulfonamides is 1. The summed E-state index contributed by atoms with van der Waals surface area (Å²) in [6, 6.07) is 13.9. The molecule has 0 aliphatic rings. The van der Waals surface area contributed by atoms with E-state index in [0.717, 1.165) is 15.2 Å². The van der Waals surface area contributed by atoms with Crippen molar-refractivity contribution in [3.8, 4) is 0 Å². The van der Waals surface area contributed by atoms with Gasteiger partial charge in [0.1, 0.15) is 5.01 Å². The molecule has 0 amide bonds. The topological polar surface area (TPSA) is 59.1 Å². The Morgan fingerprint density at radius 3 is 2.71 bits per heavy atom. The number of thiazole rings is 1. The zero-order chi connectivity index (χ0) is 14.9. The van der Waals surface area contributed by atoms with Crippen LogP contribution in [0.2, 0.25) is 5.02 Å². The van der Waals surface area contributed by atoms with Crippen LogP contribution in [0.15, 0.2) is 53.4 Å². The average Bonchev–Trinajstić information content (AvgIpc) is 2.88. The second kappa shape index (κ2) is 5.73. The predicted octanol–water partition coefficient (Wildman–Crippen LogP) is 3.43. The van der Waals surface area contributed by atoms with E-state index in [0.29, 0.717) is 5.02 Å². The first kappa shape index (κ1) is 14.5. The van der Waals surface area contributed by atoms with Crippen LogP contribution in [0.25, 0.3) is 10.2 Å². The number of para-hydroxylation sites is 1. The highest BCUT2D eigenvalue weighted by molar-refractivity contribution is 7.89. The van der Waals surface area contributed by atoms with Crippen molar-refractivity contribution in [3.05, 3.63) is 58.6 Å². The van der Waals surface area contributed by atoms with Crippen LogP contribution in [0.5, 0.6) is 0 Å². The maximum atomic E-state index is 12.2. The van der Waals surface area contributed by atoms with Crippen molar-refractivity contribution in [1.29, 1.82) is 0 Å². The lowest BCUT2D eigenvalue weighted by atomic mass is 10.3. The van der Waals surface area contributed by atoms with E-state index in [1.54, 1.807) is 12.1 Å². The minimum absolute atomic E-state index is 0.149. The summed E-state index contributed by atoms with van der Waals surface area (Å²) in [7, 11) is -3.59. The fourth-order valence-corrected chi connectivity index (χ4v) is 4.16. The third-order valence-corrected chi connectivity index (χ3v) is 5.53. The molecule has 1 aromatic heterocycles. The number of halogens is 1. The first-order valence-corrected chi connectivity index (χ1v) is 8.82. The van der Waals surface area contributed by atoms with E-state index in [1.165, 1.54) is 23.5 Å². The predicted molar refractivity (Wildman–Crippen MR) is 85.1 cm³/mol. The summed E-state index contributed by atoms with van der Waals surface area (Å²) in [4.78, 5) is 4.54. The average molecular weight is 339 g/mol. The lowest BCUT2D eigenvalue weighted by Gasteiger charge is -2.05. The number of aromatic nitrogens is 1. The van der Waals surface area contributed by atoms with Crippen molar-refractivity contribution >= 4 is 43.2 Å². The molecule has 2 aromatic carbocycles. The zero-order valence-electron chi connectivity index (χ0n) is 10.8. The molecule has 1 N–H and O–H groups in total. The molecule has 3 aromatic rings. The smallest absolute Gasteiger partial charge is 0.240 e. The summed E-state index contributed by atoms with van der Waals surface area (Å²) in [5.74, 6) is 0. The Morgan fingerprint density at radius 1 is 1.14 bits per heavy atom. The third kappa shape index (κ3) is 3.24. The highest BCUT2D eigenvalue weighted by atomic mass is 35.5. The molecule has 0 unspecified atom stereocenters.